The molecule has 2 aromatic carbocycles. The summed E-state index contributed by atoms with van der Waals surface area (Å²) in [6, 6.07) is 12.7. The van der Waals surface area contributed by atoms with Crippen molar-refractivity contribution in [2.24, 2.45) is 5.92 Å². The molecular weight excluding hydrogens is 299 g/mol. The van der Waals surface area contributed by atoms with E-state index in [1.54, 1.807) is 0 Å². The van der Waals surface area contributed by atoms with Gasteiger partial charge in [-0.15, -0.1) is 0 Å². The molecule has 0 N–H and O–H groups in total. The molecule has 0 fully saturated rings. The standard InChI is InChI=1S/C20H27BO3/c1-15(2)20(22)24-12-6-4-3-5-11-23-19-10-8-16-13-18(21)9-7-17(16)14-19/h7-10,13-15H,3-6,11-12,21H2,1-2H3. The number of benzene rings is 2. The van der Waals surface area contributed by atoms with Crippen molar-refractivity contribution in [1.29, 1.82) is 0 Å². The summed E-state index contributed by atoms with van der Waals surface area (Å²) in [5.41, 5.74) is 1.27. The highest BCUT2D eigenvalue weighted by Gasteiger charge is 2.07. The van der Waals surface area contributed by atoms with E-state index in [2.05, 4.69) is 38.2 Å². The van der Waals surface area contributed by atoms with Crippen LogP contribution in [-0.2, 0) is 9.53 Å². The van der Waals surface area contributed by atoms with E-state index in [-0.39, 0.29) is 11.9 Å². The normalized spacial score (nSPS) is 11.0. The molecule has 2 rings (SSSR count). The topological polar surface area (TPSA) is 35.5 Å². The molecule has 0 radical (unpaired) electrons. The quantitative estimate of drug-likeness (QED) is 0.403. The van der Waals surface area contributed by atoms with Crippen LogP contribution in [0.4, 0.5) is 0 Å². The van der Waals surface area contributed by atoms with Gasteiger partial charge in [0.1, 0.15) is 13.6 Å². The third kappa shape index (κ3) is 5.91. The SMILES string of the molecule is Bc1ccc2cc(OCCCCCCOC(=O)C(C)C)ccc2c1. The number of esters is 1. The lowest BCUT2D eigenvalue weighted by molar-refractivity contribution is -0.147. The van der Waals surface area contributed by atoms with Gasteiger partial charge in [0, 0.05) is 0 Å². The molecule has 0 bridgehead atoms. The van der Waals surface area contributed by atoms with Gasteiger partial charge in [0.05, 0.1) is 19.1 Å². The predicted molar refractivity (Wildman–Crippen MR) is 102 cm³/mol. The zero-order valence-electron chi connectivity index (χ0n) is 15.0. The van der Waals surface area contributed by atoms with Crippen molar-refractivity contribution < 1.29 is 14.3 Å². The summed E-state index contributed by atoms with van der Waals surface area (Å²) in [6.07, 6.45) is 4.09. The Kier molecular flexibility index (Phi) is 7.17. The van der Waals surface area contributed by atoms with Gasteiger partial charge in [-0.2, -0.15) is 0 Å². The molecule has 2 aromatic rings. The van der Waals surface area contributed by atoms with Crippen molar-refractivity contribution in [2.75, 3.05) is 13.2 Å². The second-order valence-corrected chi connectivity index (χ2v) is 6.60. The highest BCUT2D eigenvalue weighted by Crippen LogP contribution is 2.20. The summed E-state index contributed by atoms with van der Waals surface area (Å²) >= 11 is 0. The van der Waals surface area contributed by atoms with E-state index in [9.17, 15) is 4.79 Å². The number of ether oxygens (including phenoxy) is 2. The zero-order valence-corrected chi connectivity index (χ0v) is 15.0. The fourth-order valence-electron chi connectivity index (χ4n) is 2.52. The van der Waals surface area contributed by atoms with Crippen LogP contribution in [0, 0.1) is 5.92 Å². The average Bonchev–Trinajstić information content (AvgIpc) is 2.56. The van der Waals surface area contributed by atoms with Crippen LogP contribution in [-0.4, -0.2) is 27.0 Å². The Hall–Kier alpha value is -1.97. The van der Waals surface area contributed by atoms with E-state index in [4.69, 9.17) is 9.47 Å². The smallest absolute Gasteiger partial charge is 0.308 e. The maximum Gasteiger partial charge on any atom is 0.308 e. The first-order chi connectivity index (χ1) is 11.6. The molecule has 0 spiro atoms. The van der Waals surface area contributed by atoms with Gasteiger partial charge in [-0.3, -0.25) is 4.79 Å². The Bertz CT molecular complexity index is 667. The van der Waals surface area contributed by atoms with E-state index >= 15 is 0 Å². The molecule has 0 unspecified atom stereocenters. The fourth-order valence-corrected chi connectivity index (χ4v) is 2.52. The van der Waals surface area contributed by atoms with Gasteiger partial charge in [-0.05, 0) is 48.6 Å². The van der Waals surface area contributed by atoms with Crippen molar-refractivity contribution in [3.05, 3.63) is 36.4 Å². The lowest BCUT2D eigenvalue weighted by Crippen LogP contribution is -2.12. The Labute approximate surface area is 145 Å². The zero-order chi connectivity index (χ0) is 17.4. The third-order valence-corrected chi connectivity index (χ3v) is 3.99. The first kappa shape index (κ1) is 18.4. The van der Waals surface area contributed by atoms with E-state index in [0.717, 1.165) is 38.0 Å². The number of hydrogen-bond acceptors (Lipinski definition) is 3. The van der Waals surface area contributed by atoms with Crippen LogP contribution >= 0.6 is 0 Å². The summed E-state index contributed by atoms with van der Waals surface area (Å²) in [5, 5.41) is 2.46. The number of rotatable bonds is 9. The molecule has 128 valence electrons. The number of carbonyl (C=O) groups excluding carboxylic acids is 1. The largest absolute Gasteiger partial charge is 0.494 e. The maximum atomic E-state index is 11.3. The molecule has 4 heteroatoms. The van der Waals surface area contributed by atoms with Gasteiger partial charge < -0.3 is 9.47 Å². The summed E-state index contributed by atoms with van der Waals surface area (Å²) in [6.45, 7) is 4.96. The lowest BCUT2D eigenvalue weighted by Gasteiger charge is -2.08. The predicted octanol–water partition coefficient (Wildman–Crippen LogP) is 3.24. The van der Waals surface area contributed by atoms with Crippen molar-refractivity contribution >= 4 is 30.1 Å². The van der Waals surface area contributed by atoms with Crippen LogP contribution in [0.2, 0.25) is 0 Å². The minimum Gasteiger partial charge on any atom is -0.494 e. The van der Waals surface area contributed by atoms with Gasteiger partial charge in [-0.25, -0.2) is 0 Å². The average molecular weight is 326 g/mol. The van der Waals surface area contributed by atoms with Crippen LogP contribution in [0.5, 0.6) is 5.75 Å². The second kappa shape index (κ2) is 9.36. The lowest BCUT2D eigenvalue weighted by atomic mass is 9.93. The first-order valence-electron chi connectivity index (χ1n) is 8.86. The molecule has 0 aromatic heterocycles. The van der Waals surface area contributed by atoms with E-state index in [0.29, 0.717) is 6.61 Å². The van der Waals surface area contributed by atoms with Gasteiger partial charge in [0.15, 0.2) is 0 Å². The molecule has 3 nitrogen and oxygen atoms in total. The van der Waals surface area contributed by atoms with Crippen LogP contribution in [0.15, 0.2) is 36.4 Å². The summed E-state index contributed by atoms with van der Waals surface area (Å²) < 4.78 is 11.0. The molecule has 0 saturated carbocycles. The Morgan fingerprint density at radius 2 is 1.62 bits per heavy atom. The van der Waals surface area contributed by atoms with Crippen LogP contribution in [0.25, 0.3) is 10.8 Å². The molecule has 0 amide bonds. The molecule has 0 heterocycles. The van der Waals surface area contributed by atoms with E-state index < -0.39 is 0 Å². The molecule has 0 aliphatic rings. The minimum atomic E-state index is -0.107. The maximum absolute atomic E-state index is 11.3. The minimum absolute atomic E-state index is 0.0377. The highest BCUT2D eigenvalue weighted by atomic mass is 16.5. The summed E-state index contributed by atoms with van der Waals surface area (Å²) in [7, 11) is 2.10. The van der Waals surface area contributed by atoms with Crippen molar-refractivity contribution in [1.82, 2.24) is 0 Å². The Balaban J connectivity index is 1.61. The number of fused-ring (bicyclic) bond motifs is 1. The van der Waals surface area contributed by atoms with Gasteiger partial charge in [0.2, 0.25) is 0 Å². The molecular formula is C20H27BO3. The van der Waals surface area contributed by atoms with Gasteiger partial charge >= 0.3 is 5.97 Å². The van der Waals surface area contributed by atoms with Gasteiger partial charge in [0.25, 0.3) is 0 Å². The fraction of sp³-hybridized carbons (Fsp3) is 0.450. The molecule has 0 atom stereocenters. The van der Waals surface area contributed by atoms with Crippen molar-refractivity contribution in [3.63, 3.8) is 0 Å². The Morgan fingerprint density at radius 1 is 0.958 bits per heavy atom. The molecule has 0 saturated heterocycles. The van der Waals surface area contributed by atoms with Crippen molar-refractivity contribution in [3.8, 4) is 5.75 Å². The van der Waals surface area contributed by atoms with E-state index in [1.807, 2.05) is 19.9 Å². The number of hydrogen-bond donors (Lipinski definition) is 0. The molecule has 0 aliphatic heterocycles. The summed E-state index contributed by atoms with van der Waals surface area (Å²) in [5.74, 6) is 0.784. The first-order valence-corrected chi connectivity index (χ1v) is 8.86. The second-order valence-electron chi connectivity index (χ2n) is 6.60. The van der Waals surface area contributed by atoms with Crippen LogP contribution in [0.3, 0.4) is 0 Å². The molecule has 24 heavy (non-hydrogen) atoms. The number of carbonyl (C=O) groups is 1. The highest BCUT2D eigenvalue weighted by molar-refractivity contribution is 6.33. The summed E-state index contributed by atoms with van der Waals surface area (Å²) in [4.78, 5) is 11.3. The monoisotopic (exact) mass is 326 g/mol. The molecule has 0 aliphatic carbocycles. The van der Waals surface area contributed by atoms with Crippen LogP contribution < -0.4 is 10.2 Å². The van der Waals surface area contributed by atoms with E-state index in [1.165, 1.54) is 16.2 Å². The van der Waals surface area contributed by atoms with Crippen LogP contribution in [0.1, 0.15) is 39.5 Å². The van der Waals surface area contributed by atoms with Crippen molar-refractivity contribution in [2.45, 2.75) is 39.5 Å². The van der Waals surface area contributed by atoms with Gasteiger partial charge in [-0.1, -0.05) is 43.6 Å². The number of unbranched alkanes of at least 4 members (excludes halogenated alkanes) is 3. The Morgan fingerprint density at radius 3 is 2.38 bits per heavy atom. The third-order valence-electron chi connectivity index (χ3n) is 3.99.